The van der Waals surface area contributed by atoms with Crippen LogP contribution in [-0.4, -0.2) is 42.3 Å². The minimum absolute atomic E-state index is 0.243. The van der Waals surface area contributed by atoms with Crippen LogP contribution >= 0.6 is 11.6 Å². The van der Waals surface area contributed by atoms with Gasteiger partial charge in [-0.2, -0.15) is 0 Å². The molecule has 3 aromatic rings. The van der Waals surface area contributed by atoms with Gasteiger partial charge in [-0.25, -0.2) is 4.79 Å². The van der Waals surface area contributed by atoms with E-state index < -0.39 is 5.97 Å². The third kappa shape index (κ3) is 6.04. The molecular weight excluding hydrogens is 521 g/mol. The van der Waals surface area contributed by atoms with Gasteiger partial charge in [0.2, 0.25) is 0 Å². The van der Waals surface area contributed by atoms with Gasteiger partial charge in [-0.3, -0.25) is 4.39 Å². The lowest BCUT2D eigenvalue weighted by Gasteiger charge is -2.39. The summed E-state index contributed by atoms with van der Waals surface area (Å²) >= 11 is 6.94. The van der Waals surface area contributed by atoms with Crippen LogP contribution in [0.1, 0.15) is 70.4 Å². The number of carbonyl (C=O) groups is 1. The number of alkyl halides is 1. The number of halogens is 2. The van der Waals surface area contributed by atoms with Crippen LogP contribution < -0.4 is 0 Å². The van der Waals surface area contributed by atoms with Gasteiger partial charge in [-0.05, 0) is 113 Å². The highest BCUT2D eigenvalue weighted by Crippen LogP contribution is 2.47. The zero-order valence-corrected chi connectivity index (χ0v) is 24.5. The Kier molecular flexibility index (Phi) is 8.77. The summed E-state index contributed by atoms with van der Waals surface area (Å²) in [4.78, 5) is 14.2. The van der Waals surface area contributed by atoms with Crippen molar-refractivity contribution < 1.29 is 14.3 Å². The van der Waals surface area contributed by atoms with Crippen LogP contribution in [0.25, 0.3) is 11.1 Å². The molecule has 1 saturated heterocycles. The molecule has 0 bridgehead atoms. The Bertz CT molecular complexity index is 1410. The van der Waals surface area contributed by atoms with Gasteiger partial charge in [-0.15, -0.1) is 0 Å². The number of allylic oxidation sites excluding steroid dienone is 1. The number of likely N-dealkylation sites (tertiary alicyclic amines) is 1. The number of benzene rings is 3. The monoisotopic (exact) mass is 559 g/mol. The normalized spacial score (nSPS) is 18.0. The maximum Gasteiger partial charge on any atom is 0.335 e. The van der Waals surface area contributed by atoms with E-state index in [1.807, 2.05) is 18.2 Å². The van der Waals surface area contributed by atoms with Crippen molar-refractivity contribution in [2.75, 3.05) is 26.3 Å². The molecule has 5 rings (SSSR count). The second-order valence-corrected chi connectivity index (χ2v) is 12.3. The van der Waals surface area contributed by atoms with Gasteiger partial charge in [0.25, 0.3) is 0 Å². The van der Waals surface area contributed by atoms with Crippen molar-refractivity contribution in [2.45, 2.75) is 46.5 Å². The number of hydrogen-bond acceptors (Lipinski definition) is 2. The third-order valence-electron chi connectivity index (χ3n) is 8.61. The molecule has 1 unspecified atom stereocenters. The Balaban J connectivity index is 1.59. The number of aryl methyl sites for hydroxylation is 2. The molecular formula is C35H39ClFNO2. The molecule has 0 radical (unpaired) electrons. The Morgan fingerprint density at radius 1 is 1.05 bits per heavy atom. The lowest BCUT2D eigenvalue weighted by atomic mass is 9.78. The van der Waals surface area contributed by atoms with E-state index in [-0.39, 0.29) is 12.6 Å². The highest BCUT2D eigenvalue weighted by molar-refractivity contribution is 6.33. The molecule has 210 valence electrons. The fourth-order valence-corrected chi connectivity index (χ4v) is 6.86. The highest BCUT2D eigenvalue weighted by Gasteiger charge is 2.31. The summed E-state index contributed by atoms with van der Waals surface area (Å²) in [5, 5.41) is 10.5. The van der Waals surface area contributed by atoms with Crippen LogP contribution in [0, 0.1) is 24.7 Å². The molecule has 0 aromatic heterocycles. The first-order valence-electron chi connectivity index (χ1n) is 14.5. The zero-order valence-electron chi connectivity index (χ0n) is 23.7. The largest absolute Gasteiger partial charge is 0.478 e. The Morgan fingerprint density at radius 3 is 2.42 bits per heavy atom. The van der Waals surface area contributed by atoms with Crippen LogP contribution in [0.2, 0.25) is 5.02 Å². The van der Waals surface area contributed by atoms with Crippen LogP contribution in [0.4, 0.5) is 4.39 Å². The van der Waals surface area contributed by atoms with Crippen LogP contribution in [0.5, 0.6) is 0 Å². The van der Waals surface area contributed by atoms with E-state index in [1.165, 1.54) is 11.1 Å². The number of hydrogen-bond donors (Lipinski definition) is 1. The van der Waals surface area contributed by atoms with Gasteiger partial charge >= 0.3 is 5.97 Å². The third-order valence-corrected chi connectivity index (χ3v) is 8.93. The molecule has 3 aromatic carbocycles. The number of aromatic carboxylic acids is 1. The van der Waals surface area contributed by atoms with Gasteiger partial charge < -0.3 is 10.0 Å². The average Bonchev–Trinajstić information content (AvgIpc) is 3.07. The summed E-state index contributed by atoms with van der Waals surface area (Å²) in [5.41, 5.74) is 9.52. The minimum atomic E-state index is -0.900. The number of carboxylic acid groups (broad SMARTS) is 1. The van der Waals surface area contributed by atoms with E-state index in [1.54, 1.807) is 6.07 Å². The Labute approximate surface area is 242 Å². The van der Waals surface area contributed by atoms with E-state index in [2.05, 4.69) is 62.1 Å². The van der Waals surface area contributed by atoms with Crippen molar-refractivity contribution in [3.8, 4) is 0 Å². The Morgan fingerprint density at radius 2 is 1.77 bits per heavy atom. The van der Waals surface area contributed by atoms with E-state index in [0.29, 0.717) is 23.8 Å². The van der Waals surface area contributed by atoms with Gasteiger partial charge in [0, 0.05) is 24.7 Å². The highest BCUT2D eigenvalue weighted by atomic mass is 35.5. The van der Waals surface area contributed by atoms with E-state index in [0.717, 1.165) is 77.3 Å². The van der Waals surface area contributed by atoms with E-state index >= 15 is 0 Å². The fraction of sp³-hybridized carbons (Fsp3) is 0.400. The molecule has 5 heteroatoms. The number of fused-ring (bicyclic) bond motifs is 1. The van der Waals surface area contributed by atoms with E-state index in [9.17, 15) is 14.3 Å². The van der Waals surface area contributed by atoms with Crippen molar-refractivity contribution in [1.82, 2.24) is 4.90 Å². The quantitative estimate of drug-likeness (QED) is 0.286. The molecule has 0 spiro atoms. The molecule has 2 aliphatic rings. The molecule has 0 saturated carbocycles. The zero-order chi connectivity index (χ0) is 28.4. The maximum absolute atomic E-state index is 12.5. The second kappa shape index (κ2) is 12.3. The molecule has 1 N–H and O–H groups in total. The van der Waals surface area contributed by atoms with Gasteiger partial charge in [0.1, 0.15) is 0 Å². The van der Waals surface area contributed by atoms with Gasteiger partial charge in [0.05, 0.1) is 12.2 Å². The SMILES string of the molecule is Cc1ccc(C2=C(c3ccc(CC4CN(CCCF)C4)cc3)c3ccc(C(=O)O)cc3CCC2C(C)C)c(Cl)c1. The standard InChI is InChI=1S/C35H39ClFNO2/c1-22(2)29-13-10-27-19-28(35(39)40)11-14-30(27)33(34(29)31-12-5-23(3)17-32(31)36)26-8-6-24(7-9-26)18-25-20-38(21-25)16-4-15-37/h5-9,11-12,14,17,19,22,25,29H,4,10,13,15-16,18,20-21H2,1-3H3,(H,39,40). The number of carboxylic acids is 1. The molecule has 3 nitrogen and oxygen atoms in total. The lowest BCUT2D eigenvalue weighted by Crippen LogP contribution is -2.47. The predicted octanol–water partition coefficient (Wildman–Crippen LogP) is 8.36. The molecule has 0 amide bonds. The van der Waals surface area contributed by atoms with Gasteiger partial charge in [0.15, 0.2) is 0 Å². The van der Waals surface area contributed by atoms with E-state index in [4.69, 9.17) is 11.6 Å². The Hall–Kier alpha value is -2.95. The smallest absolute Gasteiger partial charge is 0.335 e. The summed E-state index contributed by atoms with van der Waals surface area (Å²) in [5.74, 6) is 0.364. The summed E-state index contributed by atoms with van der Waals surface area (Å²) in [6, 6.07) is 20.8. The molecule has 40 heavy (non-hydrogen) atoms. The van der Waals surface area contributed by atoms with Crippen LogP contribution in [0.15, 0.2) is 60.7 Å². The number of nitrogens with zero attached hydrogens (tertiary/aromatic N) is 1. The first kappa shape index (κ1) is 28.6. The second-order valence-electron chi connectivity index (χ2n) is 11.9. The molecule has 1 atom stereocenters. The average molecular weight is 560 g/mol. The van der Waals surface area contributed by atoms with Crippen LogP contribution in [0.3, 0.4) is 0 Å². The topological polar surface area (TPSA) is 40.5 Å². The fourth-order valence-electron chi connectivity index (χ4n) is 6.53. The summed E-state index contributed by atoms with van der Waals surface area (Å²) in [6.07, 6.45) is 3.38. The summed E-state index contributed by atoms with van der Waals surface area (Å²) < 4.78 is 12.5. The van der Waals surface area contributed by atoms with Crippen molar-refractivity contribution in [3.05, 3.63) is 105 Å². The molecule has 1 aliphatic heterocycles. The van der Waals surface area contributed by atoms with Crippen molar-refractivity contribution in [1.29, 1.82) is 0 Å². The number of rotatable bonds is 9. The molecule has 1 fully saturated rings. The molecule has 1 aliphatic carbocycles. The van der Waals surface area contributed by atoms with Crippen molar-refractivity contribution >= 4 is 28.7 Å². The first-order valence-corrected chi connectivity index (χ1v) is 14.9. The van der Waals surface area contributed by atoms with Crippen molar-refractivity contribution in [3.63, 3.8) is 0 Å². The van der Waals surface area contributed by atoms with Gasteiger partial charge in [-0.1, -0.05) is 67.9 Å². The first-order chi connectivity index (χ1) is 19.2. The van der Waals surface area contributed by atoms with Crippen molar-refractivity contribution in [2.24, 2.45) is 17.8 Å². The minimum Gasteiger partial charge on any atom is -0.478 e. The summed E-state index contributed by atoms with van der Waals surface area (Å²) in [6.45, 7) is 9.28. The lowest BCUT2D eigenvalue weighted by molar-refractivity contribution is 0.0696. The maximum atomic E-state index is 12.5. The predicted molar refractivity (Wildman–Crippen MR) is 163 cm³/mol. The molecule has 1 heterocycles. The van der Waals surface area contributed by atoms with Crippen LogP contribution in [-0.2, 0) is 12.8 Å². The summed E-state index contributed by atoms with van der Waals surface area (Å²) in [7, 11) is 0.